The van der Waals surface area contributed by atoms with E-state index < -0.39 is 5.60 Å². The molecule has 0 saturated heterocycles. The SMILES string of the molecule is CC(NCC1(O)CCC(C)(C)CC1)c1csc(Cl)c1. The molecule has 0 spiro atoms. The van der Waals surface area contributed by atoms with Gasteiger partial charge in [-0.2, -0.15) is 0 Å². The molecule has 2 N–H and O–H groups in total. The Morgan fingerprint density at radius 1 is 1.37 bits per heavy atom. The van der Waals surface area contributed by atoms with E-state index in [-0.39, 0.29) is 6.04 Å². The van der Waals surface area contributed by atoms with Gasteiger partial charge in [-0.3, -0.25) is 0 Å². The van der Waals surface area contributed by atoms with E-state index in [2.05, 4.69) is 31.5 Å². The lowest BCUT2D eigenvalue weighted by molar-refractivity contribution is -0.0258. The molecule has 1 unspecified atom stereocenters. The van der Waals surface area contributed by atoms with Crippen LogP contribution >= 0.6 is 22.9 Å². The van der Waals surface area contributed by atoms with Gasteiger partial charge in [0.15, 0.2) is 0 Å². The van der Waals surface area contributed by atoms with Crippen molar-refractivity contribution in [2.45, 2.75) is 58.1 Å². The summed E-state index contributed by atoms with van der Waals surface area (Å²) < 4.78 is 0.821. The van der Waals surface area contributed by atoms with Crippen molar-refractivity contribution in [3.8, 4) is 0 Å². The third-order valence-electron chi connectivity index (χ3n) is 4.36. The zero-order valence-electron chi connectivity index (χ0n) is 12.0. The smallest absolute Gasteiger partial charge is 0.0931 e. The van der Waals surface area contributed by atoms with Crippen LogP contribution in [-0.4, -0.2) is 17.3 Å². The highest BCUT2D eigenvalue weighted by Crippen LogP contribution is 2.40. The first-order valence-corrected chi connectivity index (χ1v) is 8.25. The van der Waals surface area contributed by atoms with Crippen LogP contribution in [0.4, 0.5) is 0 Å². The lowest BCUT2D eigenvalue weighted by atomic mass is 9.71. The molecule has 2 rings (SSSR count). The van der Waals surface area contributed by atoms with Crippen LogP contribution in [0.25, 0.3) is 0 Å². The molecule has 1 aliphatic carbocycles. The first-order chi connectivity index (χ1) is 8.80. The summed E-state index contributed by atoms with van der Waals surface area (Å²) in [5.41, 5.74) is 1.05. The zero-order valence-corrected chi connectivity index (χ0v) is 13.6. The molecule has 0 aliphatic heterocycles. The van der Waals surface area contributed by atoms with Gasteiger partial charge in [0.05, 0.1) is 9.94 Å². The fraction of sp³-hybridized carbons (Fsp3) is 0.733. The van der Waals surface area contributed by atoms with Crippen molar-refractivity contribution in [1.29, 1.82) is 0 Å². The molecule has 0 aromatic carbocycles. The summed E-state index contributed by atoms with van der Waals surface area (Å²) in [6.07, 6.45) is 3.99. The quantitative estimate of drug-likeness (QED) is 0.865. The molecular formula is C15H24ClNOS. The Bertz CT molecular complexity index is 420. The van der Waals surface area contributed by atoms with Gasteiger partial charge in [0.25, 0.3) is 0 Å². The molecule has 1 aliphatic rings. The molecule has 4 heteroatoms. The minimum absolute atomic E-state index is 0.239. The second-order valence-electron chi connectivity index (χ2n) is 6.68. The molecule has 1 saturated carbocycles. The molecule has 1 fully saturated rings. The summed E-state index contributed by atoms with van der Waals surface area (Å²) in [5, 5.41) is 16.1. The van der Waals surface area contributed by atoms with Crippen molar-refractivity contribution < 1.29 is 5.11 Å². The predicted octanol–water partition coefficient (Wildman–Crippen LogP) is 4.38. The van der Waals surface area contributed by atoms with Gasteiger partial charge >= 0.3 is 0 Å². The van der Waals surface area contributed by atoms with Gasteiger partial charge in [0.2, 0.25) is 0 Å². The largest absolute Gasteiger partial charge is 0.389 e. The topological polar surface area (TPSA) is 32.3 Å². The molecule has 1 aromatic rings. The van der Waals surface area contributed by atoms with E-state index >= 15 is 0 Å². The van der Waals surface area contributed by atoms with Gasteiger partial charge in [-0.1, -0.05) is 25.4 Å². The zero-order chi connectivity index (χ0) is 14.1. The van der Waals surface area contributed by atoms with Gasteiger partial charge in [-0.15, -0.1) is 11.3 Å². The fourth-order valence-corrected chi connectivity index (χ4v) is 3.56. The maximum Gasteiger partial charge on any atom is 0.0931 e. The minimum Gasteiger partial charge on any atom is -0.389 e. The highest BCUT2D eigenvalue weighted by atomic mass is 35.5. The van der Waals surface area contributed by atoms with Crippen LogP contribution in [0, 0.1) is 5.41 Å². The minimum atomic E-state index is -0.538. The second-order valence-corrected chi connectivity index (χ2v) is 8.22. The summed E-state index contributed by atoms with van der Waals surface area (Å²) in [4.78, 5) is 0. The average molecular weight is 302 g/mol. The van der Waals surface area contributed by atoms with Gasteiger partial charge in [-0.05, 0) is 55.0 Å². The summed E-state index contributed by atoms with van der Waals surface area (Å²) in [6, 6.07) is 2.24. The third-order valence-corrected chi connectivity index (χ3v) is 5.47. The molecule has 19 heavy (non-hydrogen) atoms. The van der Waals surface area contributed by atoms with Crippen molar-refractivity contribution >= 4 is 22.9 Å². The molecule has 0 bridgehead atoms. The lowest BCUT2D eigenvalue weighted by Gasteiger charge is -2.40. The molecule has 0 amide bonds. The van der Waals surface area contributed by atoms with E-state index in [1.165, 1.54) is 5.56 Å². The van der Waals surface area contributed by atoms with Crippen molar-refractivity contribution in [2.24, 2.45) is 5.41 Å². The highest BCUT2D eigenvalue weighted by Gasteiger charge is 2.36. The van der Waals surface area contributed by atoms with Crippen LogP contribution < -0.4 is 5.32 Å². The Hall–Kier alpha value is -0.0900. The van der Waals surface area contributed by atoms with E-state index in [4.69, 9.17) is 11.6 Å². The molecular weight excluding hydrogens is 278 g/mol. The van der Waals surface area contributed by atoms with Crippen LogP contribution in [0.1, 0.15) is 58.1 Å². The van der Waals surface area contributed by atoms with Crippen molar-refractivity contribution in [2.75, 3.05) is 6.54 Å². The third kappa shape index (κ3) is 4.19. The van der Waals surface area contributed by atoms with Crippen molar-refractivity contribution in [3.05, 3.63) is 21.3 Å². The van der Waals surface area contributed by atoms with Gasteiger partial charge in [0, 0.05) is 12.6 Å². The van der Waals surface area contributed by atoms with Crippen LogP contribution in [0.2, 0.25) is 4.34 Å². The maximum absolute atomic E-state index is 10.6. The predicted molar refractivity (Wildman–Crippen MR) is 82.9 cm³/mol. The Morgan fingerprint density at radius 3 is 2.53 bits per heavy atom. The van der Waals surface area contributed by atoms with Crippen LogP contribution in [0.5, 0.6) is 0 Å². The summed E-state index contributed by atoms with van der Waals surface area (Å²) in [7, 11) is 0. The summed E-state index contributed by atoms with van der Waals surface area (Å²) in [6.45, 7) is 7.36. The Morgan fingerprint density at radius 2 is 2.00 bits per heavy atom. The van der Waals surface area contributed by atoms with E-state index in [0.717, 1.165) is 30.0 Å². The number of thiophene rings is 1. The number of aliphatic hydroxyl groups is 1. The van der Waals surface area contributed by atoms with E-state index in [1.807, 2.05) is 6.07 Å². The lowest BCUT2D eigenvalue weighted by Crippen LogP contribution is -2.45. The molecule has 1 heterocycles. The first-order valence-electron chi connectivity index (χ1n) is 6.99. The monoisotopic (exact) mass is 301 g/mol. The number of hydrogen-bond donors (Lipinski definition) is 2. The van der Waals surface area contributed by atoms with Crippen LogP contribution in [-0.2, 0) is 0 Å². The highest BCUT2D eigenvalue weighted by molar-refractivity contribution is 7.14. The Balaban J connectivity index is 1.85. The van der Waals surface area contributed by atoms with Gasteiger partial charge in [-0.25, -0.2) is 0 Å². The van der Waals surface area contributed by atoms with E-state index in [9.17, 15) is 5.11 Å². The number of hydrogen-bond acceptors (Lipinski definition) is 3. The van der Waals surface area contributed by atoms with Crippen molar-refractivity contribution in [3.63, 3.8) is 0 Å². The summed E-state index contributed by atoms with van der Waals surface area (Å²) >= 11 is 7.51. The van der Waals surface area contributed by atoms with Crippen molar-refractivity contribution in [1.82, 2.24) is 5.32 Å². The molecule has 1 aromatic heterocycles. The maximum atomic E-state index is 10.6. The fourth-order valence-electron chi connectivity index (χ4n) is 2.58. The standard InChI is InChI=1S/C15H24ClNOS/c1-11(12-8-13(16)19-9-12)17-10-15(18)6-4-14(2,3)5-7-15/h8-9,11,17-18H,4-7,10H2,1-3H3. The molecule has 0 radical (unpaired) electrons. The molecule has 2 nitrogen and oxygen atoms in total. The molecule has 108 valence electrons. The van der Waals surface area contributed by atoms with Gasteiger partial charge in [0.1, 0.15) is 0 Å². The Kier molecular flexibility index (Phi) is 4.61. The van der Waals surface area contributed by atoms with E-state index in [1.54, 1.807) is 11.3 Å². The molecule has 1 atom stereocenters. The first kappa shape index (κ1) is 15.3. The number of nitrogens with one attached hydrogen (secondary N) is 1. The van der Waals surface area contributed by atoms with Crippen LogP contribution in [0.3, 0.4) is 0 Å². The number of rotatable bonds is 4. The average Bonchev–Trinajstić information content (AvgIpc) is 2.78. The number of halogens is 1. The summed E-state index contributed by atoms with van der Waals surface area (Å²) in [5.74, 6) is 0. The van der Waals surface area contributed by atoms with E-state index in [0.29, 0.717) is 12.0 Å². The van der Waals surface area contributed by atoms with Gasteiger partial charge < -0.3 is 10.4 Å². The normalized spacial score (nSPS) is 23.2. The second kappa shape index (κ2) is 5.72. The Labute approximate surface area is 125 Å². The van der Waals surface area contributed by atoms with Crippen LogP contribution in [0.15, 0.2) is 11.4 Å².